The van der Waals surface area contributed by atoms with Crippen molar-refractivity contribution in [2.75, 3.05) is 6.54 Å². The predicted octanol–water partition coefficient (Wildman–Crippen LogP) is 3.77. The number of ketones is 1. The highest BCUT2D eigenvalue weighted by molar-refractivity contribution is 6.37. The van der Waals surface area contributed by atoms with E-state index in [0.29, 0.717) is 6.42 Å². The number of carbonyl (C=O) groups is 6. The summed E-state index contributed by atoms with van der Waals surface area (Å²) in [5.41, 5.74) is 6.23. The number of esters is 1. The number of primary amides is 1. The number of ether oxygens (including phenoxy) is 1. The second-order valence-electron chi connectivity index (χ2n) is 15.7. The molecule has 3 aliphatic rings. The van der Waals surface area contributed by atoms with Crippen LogP contribution in [0.1, 0.15) is 91.5 Å². The van der Waals surface area contributed by atoms with Crippen LogP contribution in [0.25, 0.3) is 0 Å². The average Bonchev–Trinajstić information content (AvgIpc) is 3.51. The number of nitrogens with one attached hydrogen (secondary N) is 3. The number of hydrogen-bond acceptors (Lipinski definition) is 7. The summed E-state index contributed by atoms with van der Waals surface area (Å²) in [7, 11) is 0. The summed E-state index contributed by atoms with van der Waals surface area (Å²) in [5.74, 6) is -3.55. The first-order valence-corrected chi connectivity index (χ1v) is 18.0. The Morgan fingerprint density at radius 1 is 0.960 bits per heavy atom. The number of nitrogens with zero attached hydrogens (tertiary/aromatic N) is 1. The molecule has 0 aromatic heterocycles. The maximum Gasteiger partial charge on any atom is 0.329 e. The van der Waals surface area contributed by atoms with Crippen LogP contribution < -0.4 is 21.7 Å². The Morgan fingerprint density at radius 2 is 1.60 bits per heavy atom. The van der Waals surface area contributed by atoms with Gasteiger partial charge in [0, 0.05) is 6.54 Å². The molecule has 0 radical (unpaired) electrons. The third-order valence-electron chi connectivity index (χ3n) is 10.3. The van der Waals surface area contributed by atoms with Crippen LogP contribution >= 0.6 is 0 Å². The van der Waals surface area contributed by atoms with Gasteiger partial charge in [0.05, 0.1) is 6.04 Å². The minimum atomic E-state index is -1.12. The molecule has 12 heteroatoms. The van der Waals surface area contributed by atoms with E-state index >= 15 is 0 Å². The smallest absolute Gasteiger partial charge is 0.329 e. The van der Waals surface area contributed by atoms with Gasteiger partial charge in [0.2, 0.25) is 17.6 Å². The molecule has 12 nitrogen and oxygen atoms in total. The number of hydrogen-bond donors (Lipinski definition) is 4. The zero-order chi connectivity index (χ0) is 36.7. The fraction of sp³-hybridized carbons (Fsp3) is 0.632. The number of nitrogens with two attached hydrogens (primary N) is 1. The number of rotatable bonds is 15. The Kier molecular flexibility index (Phi) is 12.9. The van der Waals surface area contributed by atoms with Gasteiger partial charge < -0.3 is 31.3 Å². The van der Waals surface area contributed by atoms with Gasteiger partial charge in [0.25, 0.3) is 5.91 Å². The first-order chi connectivity index (χ1) is 23.6. The molecule has 5 amide bonds. The maximum atomic E-state index is 14.5. The molecule has 1 heterocycles. The van der Waals surface area contributed by atoms with E-state index in [2.05, 4.69) is 22.5 Å². The highest BCUT2D eigenvalue weighted by Crippen LogP contribution is 2.36. The minimum absolute atomic E-state index is 0.0725. The zero-order valence-corrected chi connectivity index (χ0v) is 30.2. The van der Waals surface area contributed by atoms with Crippen molar-refractivity contribution in [2.24, 2.45) is 34.8 Å². The summed E-state index contributed by atoms with van der Waals surface area (Å²) >= 11 is 0. The van der Waals surface area contributed by atoms with Crippen molar-refractivity contribution in [2.45, 2.75) is 117 Å². The minimum Gasteiger partial charge on any atom is -0.459 e. The average molecular weight is 694 g/mol. The number of likely N-dealkylation sites (tertiary alicyclic amines) is 1. The molecule has 5 atom stereocenters. The second-order valence-corrected chi connectivity index (χ2v) is 15.7. The van der Waals surface area contributed by atoms with E-state index < -0.39 is 65.1 Å². The summed E-state index contributed by atoms with van der Waals surface area (Å²) in [6.45, 7) is 13.9. The molecule has 3 fully saturated rings. The van der Waals surface area contributed by atoms with Gasteiger partial charge >= 0.3 is 12.0 Å². The van der Waals surface area contributed by atoms with Crippen LogP contribution in [-0.4, -0.2) is 71.1 Å². The number of carbonyl (C=O) groups excluding carboxylic acids is 6. The number of benzene rings is 1. The molecule has 0 spiro atoms. The lowest BCUT2D eigenvalue weighted by Crippen LogP contribution is -2.61. The molecule has 0 bridgehead atoms. The fourth-order valence-corrected chi connectivity index (χ4v) is 7.03. The van der Waals surface area contributed by atoms with Gasteiger partial charge in [0.1, 0.15) is 24.7 Å². The molecule has 50 heavy (non-hydrogen) atoms. The predicted molar refractivity (Wildman–Crippen MR) is 188 cm³/mol. The molecule has 1 aliphatic heterocycles. The van der Waals surface area contributed by atoms with E-state index in [-0.39, 0.29) is 43.2 Å². The molecule has 4 rings (SSSR count). The Labute approximate surface area is 295 Å². The fourth-order valence-electron chi connectivity index (χ4n) is 7.03. The lowest BCUT2D eigenvalue weighted by molar-refractivity contribution is -0.148. The Morgan fingerprint density at radius 3 is 2.16 bits per heavy atom. The normalized spacial score (nSPS) is 21.2. The Balaban J connectivity index is 1.53. The highest BCUT2D eigenvalue weighted by atomic mass is 16.5. The lowest BCUT2D eigenvalue weighted by atomic mass is 9.85. The molecule has 1 aromatic rings. The van der Waals surface area contributed by atoms with E-state index in [4.69, 9.17) is 10.5 Å². The molecular formula is C38H55N5O7. The molecule has 274 valence electrons. The van der Waals surface area contributed by atoms with Crippen molar-refractivity contribution in [3.8, 4) is 0 Å². The summed E-state index contributed by atoms with van der Waals surface area (Å²) < 4.78 is 5.63. The Hall–Kier alpha value is -4.22. The molecular weight excluding hydrogens is 638 g/mol. The monoisotopic (exact) mass is 693 g/mol. The van der Waals surface area contributed by atoms with Gasteiger partial charge in [0.15, 0.2) is 0 Å². The van der Waals surface area contributed by atoms with E-state index in [1.165, 1.54) is 4.90 Å². The standard InChI is InChI=1S/C38H55N5O7/c1-22(2)23(3)27-19-29(34(46)40-28(18-24-16-17-24)31(44)33(39)45)43(20-27)35(47)32(38(4,5)6)42-37(49)41-30(26-14-10-11-15-26)36(48)50-21-25-12-8-7-9-13-25/h7-9,12-13,22,24,26-30,32H,3,10-11,14-21H2,1-2,4-6H3,(H2,39,45)(H,40,46)(H2,41,42,49)/t27-,28?,29+,30+,32-/m1/s1. The maximum absolute atomic E-state index is 14.5. The van der Waals surface area contributed by atoms with E-state index in [9.17, 15) is 28.8 Å². The van der Waals surface area contributed by atoms with Crippen LogP contribution in [0, 0.1) is 29.1 Å². The second kappa shape index (κ2) is 16.7. The third-order valence-corrected chi connectivity index (χ3v) is 10.3. The van der Waals surface area contributed by atoms with Crippen LogP contribution in [0.4, 0.5) is 4.79 Å². The molecule has 2 saturated carbocycles. The zero-order valence-electron chi connectivity index (χ0n) is 30.2. The van der Waals surface area contributed by atoms with Gasteiger partial charge in [-0.2, -0.15) is 0 Å². The van der Waals surface area contributed by atoms with Gasteiger partial charge in [-0.1, -0.05) is 103 Å². The van der Waals surface area contributed by atoms with Crippen LogP contribution in [0.3, 0.4) is 0 Å². The van der Waals surface area contributed by atoms with Crippen molar-refractivity contribution in [3.63, 3.8) is 0 Å². The molecule has 2 aliphatic carbocycles. The first-order valence-electron chi connectivity index (χ1n) is 18.0. The van der Waals surface area contributed by atoms with Crippen molar-refractivity contribution in [1.29, 1.82) is 0 Å². The van der Waals surface area contributed by atoms with Crippen molar-refractivity contribution < 1.29 is 33.5 Å². The Bertz CT molecular complexity index is 1430. The lowest BCUT2D eigenvalue weighted by Gasteiger charge is -2.36. The van der Waals surface area contributed by atoms with Crippen LogP contribution in [0.5, 0.6) is 0 Å². The molecule has 5 N–H and O–H groups in total. The highest BCUT2D eigenvalue weighted by Gasteiger charge is 2.47. The summed E-state index contributed by atoms with van der Waals surface area (Å²) in [4.78, 5) is 81.3. The van der Waals surface area contributed by atoms with E-state index in [1.54, 1.807) is 0 Å². The number of Topliss-reactive ketones (excluding diaryl/α,β-unsaturated/α-hetero) is 1. The van der Waals surface area contributed by atoms with Crippen molar-refractivity contribution in [3.05, 3.63) is 48.0 Å². The summed E-state index contributed by atoms with van der Waals surface area (Å²) in [6.07, 6.45) is 5.78. The molecule has 1 saturated heterocycles. The van der Waals surface area contributed by atoms with Crippen molar-refractivity contribution in [1.82, 2.24) is 20.9 Å². The van der Waals surface area contributed by atoms with Crippen LogP contribution in [0.2, 0.25) is 0 Å². The van der Waals surface area contributed by atoms with E-state index in [0.717, 1.165) is 49.7 Å². The SMILES string of the molecule is C=C(C(C)C)[C@@H]1C[C@@H](C(=O)NC(CC2CC2)C(=O)C(N)=O)N(C(=O)[C@@H](NC(=O)N[C@H](C(=O)OCc2ccccc2)C2CCCC2)C(C)(C)C)C1. The number of amides is 5. The van der Waals surface area contributed by atoms with E-state index in [1.807, 2.05) is 65.0 Å². The first kappa shape index (κ1) is 38.6. The third kappa shape index (κ3) is 10.2. The quantitative estimate of drug-likeness (QED) is 0.123. The topological polar surface area (TPSA) is 177 Å². The van der Waals surface area contributed by atoms with Crippen LogP contribution in [-0.2, 0) is 35.3 Å². The van der Waals surface area contributed by atoms with Gasteiger partial charge in [-0.25, -0.2) is 9.59 Å². The largest absolute Gasteiger partial charge is 0.459 e. The summed E-state index contributed by atoms with van der Waals surface area (Å²) in [6, 6.07) is 4.58. The van der Waals surface area contributed by atoms with Crippen molar-refractivity contribution >= 4 is 35.5 Å². The van der Waals surface area contributed by atoms with Gasteiger partial charge in [-0.15, -0.1) is 0 Å². The van der Waals surface area contributed by atoms with Crippen LogP contribution in [0.15, 0.2) is 42.5 Å². The summed E-state index contributed by atoms with van der Waals surface area (Å²) in [5, 5.41) is 8.39. The number of urea groups is 1. The van der Waals surface area contributed by atoms with Gasteiger partial charge in [-0.3, -0.25) is 19.2 Å². The van der Waals surface area contributed by atoms with Gasteiger partial charge in [-0.05, 0) is 60.3 Å². The molecule has 1 unspecified atom stereocenters. The molecule has 1 aromatic carbocycles.